The van der Waals surface area contributed by atoms with Gasteiger partial charge in [-0.05, 0) is 60.5 Å². The van der Waals surface area contributed by atoms with Crippen LogP contribution in [-0.2, 0) is 4.74 Å². The first kappa shape index (κ1) is 19.5. The zero-order valence-corrected chi connectivity index (χ0v) is 16.6. The maximum atomic E-state index is 10.3. The number of aryl methyl sites for hydroxylation is 1. The highest BCUT2D eigenvalue weighted by atomic mass is 35.5. The van der Waals surface area contributed by atoms with Crippen LogP contribution in [0.5, 0.6) is 5.75 Å². The molecule has 3 aromatic rings. The molecule has 3 rings (SSSR count). The maximum absolute atomic E-state index is 10.3. The van der Waals surface area contributed by atoms with Gasteiger partial charge in [0.2, 0.25) is 0 Å². The van der Waals surface area contributed by atoms with Gasteiger partial charge < -0.3 is 15.2 Å². The Kier molecular flexibility index (Phi) is 6.22. The van der Waals surface area contributed by atoms with E-state index in [1.165, 1.54) is 0 Å². The molecule has 2 aromatic carbocycles. The van der Waals surface area contributed by atoms with Crippen LogP contribution in [0.2, 0.25) is 10.0 Å². The first-order valence-corrected chi connectivity index (χ1v) is 9.23. The highest BCUT2D eigenvalue weighted by Crippen LogP contribution is 2.34. The van der Waals surface area contributed by atoms with E-state index < -0.39 is 0 Å². The lowest BCUT2D eigenvalue weighted by atomic mass is 10.0. The van der Waals surface area contributed by atoms with E-state index in [9.17, 15) is 5.11 Å². The van der Waals surface area contributed by atoms with Gasteiger partial charge in [-0.2, -0.15) is 0 Å². The largest absolute Gasteiger partial charge is 0.507 e. The molecule has 0 aliphatic heterocycles. The average Bonchev–Trinajstić information content (AvgIpc) is 2.63. The highest BCUT2D eigenvalue weighted by molar-refractivity contribution is 6.35. The number of methoxy groups -OCH3 is 1. The van der Waals surface area contributed by atoms with Gasteiger partial charge in [0.1, 0.15) is 11.6 Å². The number of phenolic OH excluding ortho intramolecular Hbond substituents is 1. The van der Waals surface area contributed by atoms with Crippen molar-refractivity contribution >= 4 is 29.0 Å². The van der Waals surface area contributed by atoms with Crippen molar-refractivity contribution in [2.45, 2.75) is 6.92 Å². The molecule has 6 heteroatoms. The lowest BCUT2D eigenvalue weighted by Crippen LogP contribution is -2.09. The SMILES string of the molecule is COCCNc1cc(-c2cc(Cl)cc(Cl)c2)cc(-c2cc(C)ccc2O)n1. The standard InChI is InChI=1S/C21H20Cl2N2O2/c1-13-3-4-20(26)18(7-13)19-10-15(11-21(25-19)24-5-6-27-2)14-8-16(22)12-17(23)9-14/h3-4,7-12,26H,5-6H2,1-2H3,(H,24,25). The lowest BCUT2D eigenvalue weighted by Gasteiger charge is -2.13. The second kappa shape index (κ2) is 8.61. The Morgan fingerprint density at radius 2 is 1.70 bits per heavy atom. The van der Waals surface area contributed by atoms with Gasteiger partial charge in [0.05, 0.1) is 12.3 Å². The molecule has 0 aliphatic carbocycles. The molecule has 0 bridgehead atoms. The van der Waals surface area contributed by atoms with Gasteiger partial charge in [0.25, 0.3) is 0 Å². The number of aromatic hydroxyl groups is 1. The number of halogens is 2. The summed E-state index contributed by atoms with van der Waals surface area (Å²) in [5, 5.41) is 14.7. The summed E-state index contributed by atoms with van der Waals surface area (Å²) in [7, 11) is 1.65. The highest BCUT2D eigenvalue weighted by Gasteiger charge is 2.12. The van der Waals surface area contributed by atoms with Crippen LogP contribution in [0.3, 0.4) is 0 Å². The number of anilines is 1. The minimum atomic E-state index is 0.178. The molecule has 2 N–H and O–H groups in total. The molecule has 0 amide bonds. The molecule has 0 saturated heterocycles. The van der Waals surface area contributed by atoms with Crippen molar-refractivity contribution in [1.82, 2.24) is 4.98 Å². The lowest BCUT2D eigenvalue weighted by molar-refractivity contribution is 0.210. The van der Waals surface area contributed by atoms with E-state index in [0.29, 0.717) is 40.3 Å². The molecule has 0 aliphatic rings. The molecule has 140 valence electrons. The summed E-state index contributed by atoms with van der Waals surface area (Å²) in [6.45, 7) is 3.14. The van der Waals surface area contributed by atoms with Crippen LogP contribution < -0.4 is 5.32 Å². The Morgan fingerprint density at radius 3 is 2.41 bits per heavy atom. The van der Waals surface area contributed by atoms with E-state index >= 15 is 0 Å². The molecule has 0 radical (unpaired) electrons. The third-order valence-corrected chi connectivity index (χ3v) is 4.50. The minimum absolute atomic E-state index is 0.178. The second-order valence-electron chi connectivity index (χ2n) is 6.22. The molecule has 0 spiro atoms. The smallest absolute Gasteiger partial charge is 0.127 e. The van der Waals surface area contributed by atoms with Crippen LogP contribution in [-0.4, -0.2) is 30.4 Å². The Hall–Kier alpha value is -2.27. The normalized spacial score (nSPS) is 10.8. The maximum Gasteiger partial charge on any atom is 0.127 e. The summed E-state index contributed by atoms with van der Waals surface area (Å²) >= 11 is 12.3. The first-order chi connectivity index (χ1) is 13.0. The number of aromatic nitrogens is 1. The van der Waals surface area contributed by atoms with E-state index in [4.69, 9.17) is 27.9 Å². The third kappa shape index (κ3) is 4.92. The number of pyridine rings is 1. The number of rotatable bonds is 6. The fourth-order valence-corrected chi connectivity index (χ4v) is 3.31. The van der Waals surface area contributed by atoms with Gasteiger partial charge in [-0.3, -0.25) is 0 Å². The van der Waals surface area contributed by atoms with Crippen LogP contribution in [0.1, 0.15) is 5.56 Å². The van der Waals surface area contributed by atoms with Gasteiger partial charge >= 0.3 is 0 Å². The zero-order valence-electron chi connectivity index (χ0n) is 15.1. The Balaban J connectivity index is 2.12. The van der Waals surface area contributed by atoms with Crippen LogP contribution in [0.4, 0.5) is 5.82 Å². The molecule has 0 unspecified atom stereocenters. The van der Waals surface area contributed by atoms with Crippen molar-refractivity contribution in [3.05, 3.63) is 64.1 Å². The average molecular weight is 403 g/mol. The summed E-state index contributed by atoms with van der Waals surface area (Å²) < 4.78 is 5.09. The number of benzene rings is 2. The topological polar surface area (TPSA) is 54.4 Å². The fraction of sp³-hybridized carbons (Fsp3) is 0.190. The van der Waals surface area contributed by atoms with Crippen molar-refractivity contribution in [3.8, 4) is 28.1 Å². The van der Waals surface area contributed by atoms with E-state index in [0.717, 1.165) is 16.7 Å². The minimum Gasteiger partial charge on any atom is -0.507 e. The predicted octanol–water partition coefficient (Wildman–Crippen LogP) is 5.79. The van der Waals surface area contributed by atoms with Gasteiger partial charge in [-0.1, -0.05) is 34.8 Å². The molecule has 27 heavy (non-hydrogen) atoms. The summed E-state index contributed by atoms with van der Waals surface area (Å²) in [6.07, 6.45) is 0. The first-order valence-electron chi connectivity index (χ1n) is 8.47. The molecule has 4 nitrogen and oxygen atoms in total. The fourth-order valence-electron chi connectivity index (χ4n) is 2.78. The van der Waals surface area contributed by atoms with Crippen molar-refractivity contribution in [2.75, 3.05) is 25.6 Å². The number of phenols is 1. The summed E-state index contributed by atoms with van der Waals surface area (Å²) in [5.41, 5.74) is 4.13. The van der Waals surface area contributed by atoms with Gasteiger partial charge in [-0.25, -0.2) is 4.98 Å². The quantitative estimate of drug-likeness (QED) is 0.511. The molecule has 0 atom stereocenters. The van der Waals surface area contributed by atoms with Gasteiger partial charge in [0, 0.05) is 29.3 Å². The predicted molar refractivity (Wildman–Crippen MR) is 112 cm³/mol. The Morgan fingerprint density at radius 1 is 1.00 bits per heavy atom. The van der Waals surface area contributed by atoms with Gasteiger partial charge in [0.15, 0.2) is 0 Å². The monoisotopic (exact) mass is 402 g/mol. The van der Waals surface area contributed by atoms with Gasteiger partial charge in [-0.15, -0.1) is 0 Å². The molecule has 1 aromatic heterocycles. The van der Waals surface area contributed by atoms with E-state index in [2.05, 4.69) is 10.3 Å². The zero-order chi connectivity index (χ0) is 19.4. The molecule has 1 heterocycles. The van der Waals surface area contributed by atoms with Crippen LogP contribution in [0, 0.1) is 6.92 Å². The van der Waals surface area contributed by atoms with Crippen molar-refractivity contribution < 1.29 is 9.84 Å². The summed E-state index contributed by atoms with van der Waals surface area (Å²) in [4.78, 5) is 4.66. The van der Waals surface area contributed by atoms with E-state index in [1.807, 2.05) is 43.3 Å². The number of hydrogen-bond donors (Lipinski definition) is 2. The van der Waals surface area contributed by atoms with Crippen LogP contribution in [0.25, 0.3) is 22.4 Å². The van der Waals surface area contributed by atoms with Crippen LogP contribution >= 0.6 is 23.2 Å². The number of nitrogens with one attached hydrogen (secondary N) is 1. The van der Waals surface area contributed by atoms with E-state index in [-0.39, 0.29) is 5.75 Å². The molecule has 0 fully saturated rings. The molecular weight excluding hydrogens is 383 g/mol. The summed E-state index contributed by atoms with van der Waals surface area (Å²) in [5.74, 6) is 0.855. The number of ether oxygens (including phenoxy) is 1. The van der Waals surface area contributed by atoms with E-state index in [1.54, 1.807) is 19.2 Å². The van der Waals surface area contributed by atoms with Crippen LogP contribution in [0.15, 0.2) is 48.5 Å². The molecule has 0 saturated carbocycles. The number of hydrogen-bond acceptors (Lipinski definition) is 4. The van der Waals surface area contributed by atoms with Crippen molar-refractivity contribution in [3.63, 3.8) is 0 Å². The number of nitrogens with zero attached hydrogens (tertiary/aromatic N) is 1. The third-order valence-electron chi connectivity index (χ3n) is 4.06. The van der Waals surface area contributed by atoms with Crippen molar-refractivity contribution in [2.24, 2.45) is 0 Å². The summed E-state index contributed by atoms with van der Waals surface area (Å²) in [6, 6.07) is 14.7. The molecular formula is C21H20Cl2N2O2. The Bertz CT molecular complexity index is 941. The van der Waals surface area contributed by atoms with Crippen molar-refractivity contribution in [1.29, 1.82) is 0 Å². The second-order valence-corrected chi connectivity index (χ2v) is 7.10. The Labute approximate surface area is 168 Å².